The molecule has 4 heteroatoms. The van der Waals surface area contributed by atoms with Crippen LogP contribution in [0.5, 0.6) is 0 Å². The van der Waals surface area contributed by atoms with Gasteiger partial charge in [-0.3, -0.25) is 0 Å². The predicted octanol–water partition coefficient (Wildman–Crippen LogP) is 0.732. The fourth-order valence-electron chi connectivity index (χ4n) is 0.423. The smallest absolute Gasteiger partial charge is 0.125 e. The molecule has 1 atom stereocenters. The van der Waals surface area contributed by atoms with Gasteiger partial charge in [-0.05, 0) is 6.92 Å². The third kappa shape index (κ3) is 0.866. The monoisotopic (exact) mass is 178 g/mol. The summed E-state index contributed by atoms with van der Waals surface area (Å²) < 4.78 is 0.972. The lowest BCUT2D eigenvalue weighted by Gasteiger charge is -2.11. The molecule has 1 heterocycles. The van der Waals surface area contributed by atoms with Crippen molar-refractivity contribution in [3.63, 3.8) is 0 Å². The molecule has 0 radical (unpaired) electrons. The van der Waals surface area contributed by atoms with E-state index in [1.165, 1.54) is 5.17 Å². The summed E-state index contributed by atoms with van der Waals surface area (Å²) in [6.45, 7) is 1.94. The first-order chi connectivity index (χ1) is 3.72. The van der Waals surface area contributed by atoms with Crippen LogP contribution in [0, 0.1) is 0 Å². The molecule has 0 aliphatic carbocycles. The zero-order valence-electron chi connectivity index (χ0n) is 4.47. The second-order valence-electron chi connectivity index (χ2n) is 1.64. The van der Waals surface area contributed by atoms with Crippen molar-refractivity contribution in [2.24, 2.45) is 5.84 Å². The van der Waals surface area contributed by atoms with Crippen LogP contribution in [0.15, 0.2) is 10.7 Å². The zero-order valence-corrected chi connectivity index (χ0v) is 6.05. The highest BCUT2D eigenvalue weighted by molar-refractivity contribution is 9.11. The lowest BCUT2D eigenvalue weighted by atomic mass is 10.4. The van der Waals surface area contributed by atoms with E-state index in [1.807, 2.05) is 6.92 Å². The first-order valence-electron chi connectivity index (χ1n) is 2.28. The van der Waals surface area contributed by atoms with Crippen LogP contribution in [-0.4, -0.2) is 11.2 Å². The number of rotatable bonds is 0. The predicted molar refractivity (Wildman–Crippen MR) is 33.6 cm³/mol. The molecule has 0 aromatic heterocycles. The molecule has 3 nitrogen and oxygen atoms in total. The average molecular weight is 179 g/mol. The Balaban J connectivity index is 2.59. The van der Waals surface area contributed by atoms with Gasteiger partial charge in [-0.15, -0.1) is 0 Å². The van der Waals surface area contributed by atoms with Crippen LogP contribution in [0.4, 0.5) is 0 Å². The van der Waals surface area contributed by atoms with Crippen molar-refractivity contribution in [3.8, 4) is 0 Å². The van der Waals surface area contributed by atoms with E-state index in [0.717, 1.165) is 4.48 Å². The van der Waals surface area contributed by atoms with Crippen LogP contribution >= 0.6 is 15.9 Å². The minimum Gasteiger partial charge on any atom is -0.398 e. The second kappa shape index (κ2) is 2.05. The molecule has 2 N–H and O–H groups in total. The Morgan fingerprint density at radius 3 is 2.75 bits per heavy atom. The first-order valence-corrected chi connectivity index (χ1v) is 3.07. The Morgan fingerprint density at radius 2 is 2.62 bits per heavy atom. The normalized spacial score (nSPS) is 29.9. The van der Waals surface area contributed by atoms with Crippen molar-refractivity contribution >= 4 is 15.9 Å². The molecule has 0 spiro atoms. The topological polar surface area (TPSA) is 38.5 Å². The number of hydrogen-bond acceptors (Lipinski definition) is 3. The number of hydrogen-bond donors (Lipinski definition) is 1. The van der Waals surface area contributed by atoms with Crippen molar-refractivity contribution in [1.82, 2.24) is 5.17 Å². The summed E-state index contributed by atoms with van der Waals surface area (Å²) in [6, 6.07) is 0.148. The molecular weight excluding hydrogens is 172 g/mol. The Kier molecular flexibility index (Phi) is 1.55. The van der Waals surface area contributed by atoms with Gasteiger partial charge in [-0.25, -0.2) is 5.84 Å². The number of nitrogens with two attached hydrogens (primary N) is 1. The van der Waals surface area contributed by atoms with E-state index in [4.69, 9.17) is 10.7 Å². The summed E-state index contributed by atoms with van der Waals surface area (Å²) in [5.41, 5.74) is 0. The van der Waals surface area contributed by atoms with Gasteiger partial charge in [0.2, 0.25) is 0 Å². The Labute approximate surface area is 56.1 Å². The largest absolute Gasteiger partial charge is 0.398 e. The lowest BCUT2D eigenvalue weighted by Crippen LogP contribution is -2.33. The van der Waals surface area contributed by atoms with Gasteiger partial charge < -0.3 is 4.84 Å². The van der Waals surface area contributed by atoms with Gasteiger partial charge >= 0.3 is 0 Å². The fourth-order valence-corrected chi connectivity index (χ4v) is 0.708. The summed E-state index contributed by atoms with van der Waals surface area (Å²) >= 11 is 3.26. The molecule has 0 saturated heterocycles. The zero-order chi connectivity index (χ0) is 6.15. The number of hydroxylamine groups is 1. The number of nitrogens with zero attached hydrogens (tertiary/aromatic N) is 1. The van der Waals surface area contributed by atoms with Gasteiger partial charge in [0, 0.05) is 0 Å². The molecule has 8 heavy (non-hydrogen) atoms. The molecule has 0 bridgehead atoms. The van der Waals surface area contributed by atoms with Crippen molar-refractivity contribution in [3.05, 3.63) is 10.7 Å². The Bertz CT molecular complexity index is 125. The van der Waals surface area contributed by atoms with E-state index in [1.54, 1.807) is 6.26 Å². The molecular formula is C4H7BrN2O. The summed E-state index contributed by atoms with van der Waals surface area (Å²) in [5, 5.41) is 1.28. The summed E-state index contributed by atoms with van der Waals surface area (Å²) in [7, 11) is 0. The molecule has 0 fully saturated rings. The molecule has 0 amide bonds. The standard InChI is InChI=1S/C4H7BrN2O/c1-3-4(5)2-8-7(3)6/h2-3H,6H2,1H3. The second-order valence-corrected chi connectivity index (χ2v) is 2.56. The summed E-state index contributed by atoms with van der Waals surface area (Å²) in [6.07, 6.45) is 1.57. The van der Waals surface area contributed by atoms with Crippen LogP contribution in [0.1, 0.15) is 6.92 Å². The molecule has 46 valence electrons. The molecule has 1 rings (SSSR count). The Morgan fingerprint density at radius 1 is 2.00 bits per heavy atom. The van der Waals surface area contributed by atoms with Gasteiger partial charge in [0.1, 0.15) is 6.26 Å². The number of halogens is 1. The third-order valence-electron chi connectivity index (χ3n) is 1.07. The maximum absolute atomic E-state index is 5.30. The van der Waals surface area contributed by atoms with Gasteiger partial charge in [0.05, 0.1) is 10.5 Å². The third-order valence-corrected chi connectivity index (χ3v) is 1.92. The molecule has 1 unspecified atom stereocenters. The highest BCUT2D eigenvalue weighted by Crippen LogP contribution is 2.20. The maximum Gasteiger partial charge on any atom is 0.125 e. The highest BCUT2D eigenvalue weighted by atomic mass is 79.9. The van der Waals surface area contributed by atoms with Crippen molar-refractivity contribution in [2.75, 3.05) is 0 Å². The van der Waals surface area contributed by atoms with Crippen molar-refractivity contribution < 1.29 is 4.84 Å². The molecule has 0 saturated carbocycles. The maximum atomic E-state index is 5.30. The SMILES string of the molecule is CC1C(Br)=CON1N. The fraction of sp³-hybridized carbons (Fsp3) is 0.500. The quantitative estimate of drug-likeness (QED) is 0.557. The van der Waals surface area contributed by atoms with Crippen LogP contribution in [0.3, 0.4) is 0 Å². The van der Waals surface area contributed by atoms with Crippen LogP contribution in [0.2, 0.25) is 0 Å². The van der Waals surface area contributed by atoms with E-state index in [9.17, 15) is 0 Å². The summed E-state index contributed by atoms with van der Waals surface area (Å²) in [4.78, 5) is 4.78. The van der Waals surface area contributed by atoms with E-state index in [0.29, 0.717) is 0 Å². The first kappa shape index (κ1) is 6.07. The van der Waals surface area contributed by atoms with Gasteiger partial charge in [-0.1, -0.05) is 21.1 Å². The van der Waals surface area contributed by atoms with Gasteiger partial charge in [0.15, 0.2) is 0 Å². The molecule has 0 aromatic carbocycles. The average Bonchev–Trinajstić information content (AvgIpc) is 1.98. The van der Waals surface area contributed by atoms with Crippen molar-refractivity contribution in [2.45, 2.75) is 13.0 Å². The minimum atomic E-state index is 0.148. The van der Waals surface area contributed by atoms with E-state index >= 15 is 0 Å². The van der Waals surface area contributed by atoms with E-state index in [-0.39, 0.29) is 6.04 Å². The molecule has 1 aliphatic rings. The number of hydrazine groups is 1. The van der Waals surface area contributed by atoms with Crippen molar-refractivity contribution in [1.29, 1.82) is 0 Å². The summed E-state index contributed by atoms with van der Waals surface area (Å²) in [5.74, 6) is 5.30. The van der Waals surface area contributed by atoms with Crippen LogP contribution in [0.25, 0.3) is 0 Å². The van der Waals surface area contributed by atoms with Crippen LogP contribution in [-0.2, 0) is 4.84 Å². The van der Waals surface area contributed by atoms with Crippen LogP contribution < -0.4 is 5.84 Å². The minimum absolute atomic E-state index is 0.148. The highest BCUT2D eigenvalue weighted by Gasteiger charge is 2.19. The molecule has 0 aromatic rings. The van der Waals surface area contributed by atoms with E-state index in [2.05, 4.69) is 15.9 Å². The lowest BCUT2D eigenvalue weighted by molar-refractivity contribution is -0.102. The van der Waals surface area contributed by atoms with E-state index < -0.39 is 0 Å². The van der Waals surface area contributed by atoms with Gasteiger partial charge in [-0.2, -0.15) is 0 Å². The molecule has 1 aliphatic heterocycles. The van der Waals surface area contributed by atoms with Gasteiger partial charge in [0.25, 0.3) is 0 Å². The Hall–Kier alpha value is -0.0600.